The molecule has 1 aromatic carbocycles. The molecule has 1 aliphatic heterocycles. The van der Waals surface area contributed by atoms with Crippen LogP contribution < -0.4 is 4.74 Å². The van der Waals surface area contributed by atoms with E-state index < -0.39 is 27.9 Å². The lowest BCUT2D eigenvalue weighted by atomic mass is 10.1. The van der Waals surface area contributed by atoms with E-state index in [-0.39, 0.29) is 29.8 Å². The van der Waals surface area contributed by atoms with Gasteiger partial charge in [-0.1, -0.05) is 13.8 Å². The number of benzene rings is 1. The first-order valence-corrected chi connectivity index (χ1v) is 11.1. The monoisotopic (exact) mass is 457 g/mol. The van der Waals surface area contributed by atoms with Crippen LogP contribution in [0.3, 0.4) is 0 Å². The Balaban J connectivity index is 1.60. The van der Waals surface area contributed by atoms with Crippen LogP contribution in [-0.4, -0.2) is 60.8 Å². The molecule has 1 aromatic heterocycles. The second kappa shape index (κ2) is 8.83. The van der Waals surface area contributed by atoms with Crippen molar-refractivity contribution in [1.29, 1.82) is 0 Å². The van der Waals surface area contributed by atoms with E-state index in [0.717, 1.165) is 18.3 Å². The highest BCUT2D eigenvalue weighted by Crippen LogP contribution is 2.31. The average molecular weight is 457 g/mol. The third-order valence-corrected chi connectivity index (χ3v) is 6.99. The largest absolute Gasteiger partial charge is 0.471 e. The van der Waals surface area contributed by atoms with Crippen LogP contribution in [0.15, 0.2) is 47.5 Å². The van der Waals surface area contributed by atoms with Gasteiger partial charge >= 0.3 is 6.18 Å². The number of halogens is 3. The number of ether oxygens (including phenoxy) is 1. The zero-order chi connectivity index (χ0) is 22.8. The molecule has 0 atom stereocenters. The second-order valence-electron chi connectivity index (χ2n) is 6.94. The van der Waals surface area contributed by atoms with Gasteiger partial charge in [0.25, 0.3) is 5.91 Å². The van der Waals surface area contributed by atoms with E-state index in [2.05, 4.69) is 4.98 Å². The zero-order valence-electron chi connectivity index (χ0n) is 17.0. The Morgan fingerprint density at radius 2 is 1.77 bits per heavy atom. The van der Waals surface area contributed by atoms with Gasteiger partial charge in [-0.2, -0.15) is 17.5 Å². The fraction of sp³-hybridized carbons (Fsp3) is 0.400. The number of carbonyl (C=O) groups excluding carboxylic acids is 1. The highest BCUT2D eigenvalue weighted by molar-refractivity contribution is 7.89. The molecule has 1 fully saturated rings. The predicted molar refractivity (Wildman–Crippen MR) is 106 cm³/mol. The van der Waals surface area contributed by atoms with Gasteiger partial charge in [-0.25, -0.2) is 13.4 Å². The molecule has 1 saturated heterocycles. The molecule has 1 amide bonds. The van der Waals surface area contributed by atoms with Gasteiger partial charge in [-0.3, -0.25) is 4.79 Å². The van der Waals surface area contributed by atoms with Crippen molar-refractivity contribution in [2.45, 2.75) is 31.0 Å². The molecular formula is C20H22F3N3O4S. The molecule has 2 heterocycles. The van der Waals surface area contributed by atoms with Gasteiger partial charge in [0.05, 0.1) is 23.5 Å². The Morgan fingerprint density at radius 1 is 1.16 bits per heavy atom. The van der Waals surface area contributed by atoms with Gasteiger partial charge in [0.2, 0.25) is 15.9 Å². The van der Waals surface area contributed by atoms with E-state index in [9.17, 15) is 26.4 Å². The minimum absolute atomic E-state index is 0.105. The number of hydrogen-bond donors (Lipinski definition) is 0. The Hall–Kier alpha value is -2.66. The molecule has 0 spiro atoms. The van der Waals surface area contributed by atoms with Crippen molar-refractivity contribution in [3.63, 3.8) is 0 Å². The molecule has 0 saturated carbocycles. The molecule has 7 nitrogen and oxygen atoms in total. The summed E-state index contributed by atoms with van der Waals surface area (Å²) in [6.45, 7) is 4.56. The smallest absolute Gasteiger partial charge is 0.416 e. The van der Waals surface area contributed by atoms with Crippen LogP contribution >= 0.6 is 0 Å². The molecule has 0 radical (unpaired) electrons. The Labute approximate surface area is 178 Å². The Bertz CT molecular complexity index is 1030. The average Bonchev–Trinajstić information content (AvgIpc) is 2.70. The second-order valence-corrected chi connectivity index (χ2v) is 8.88. The number of pyridine rings is 1. The SMILES string of the molecule is CCN(CC)S(=O)(=O)c1ccc(C(=O)N2CC(Oc3cc(C(F)(F)F)ccn3)C2)cc1. The number of sulfonamides is 1. The number of carbonyl (C=O) groups is 1. The van der Waals surface area contributed by atoms with Crippen LogP contribution in [0.4, 0.5) is 13.2 Å². The van der Waals surface area contributed by atoms with Crippen molar-refractivity contribution >= 4 is 15.9 Å². The Kier molecular flexibility index (Phi) is 6.56. The molecule has 3 rings (SSSR count). The molecule has 2 aromatic rings. The third-order valence-electron chi connectivity index (χ3n) is 4.93. The Morgan fingerprint density at radius 3 is 2.32 bits per heavy atom. The quantitative estimate of drug-likeness (QED) is 0.639. The summed E-state index contributed by atoms with van der Waals surface area (Å²) in [4.78, 5) is 17.9. The van der Waals surface area contributed by atoms with Crippen molar-refractivity contribution < 1.29 is 31.1 Å². The number of alkyl halides is 3. The number of aromatic nitrogens is 1. The lowest BCUT2D eigenvalue weighted by Crippen LogP contribution is -2.56. The molecule has 0 bridgehead atoms. The summed E-state index contributed by atoms with van der Waals surface area (Å²) in [5.41, 5.74) is -0.543. The van der Waals surface area contributed by atoms with Crippen molar-refractivity contribution in [1.82, 2.24) is 14.2 Å². The van der Waals surface area contributed by atoms with E-state index >= 15 is 0 Å². The lowest BCUT2D eigenvalue weighted by Gasteiger charge is -2.38. The van der Waals surface area contributed by atoms with Gasteiger partial charge in [0.15, 0.2) is 0 Å². The maximum atomic E-state index is 12.8. The van der Waals surface area contributed by atoms with Crippen LogP contribution in [0.1, 0.15) is 29.8 Å². The summed E-state index contributed by atoms with van der Waals surface area (Å²) >= 11 is 0. The first kappa shape index (κ1) is 23.0. The van der Waals surface area contributed by atoms with Crippen molar-refractivity contribution in [3.8, 4) is 5.88 Å². The third kappa shape index (κ3) is 4.99. The minimum atomic E-state index is -4.49. The number of nitrogens with zero attached hydrogens (tertiary/aromatic N) is 3. The molecule has 31 heavy (non-hydrogen) atoms. The van der Waals surface area contributed by atoms with Crippen molar-refractivity contribution in [2.24, 2.45) is 0 Å². The summed E-state index contributed by atoms with van der Waals surface area (Å²) in [6.07, 6.45) is -3.94. The standard InChI is InChI=1S/C20H22F3N3O4S/c1-3-26(4-2)31(28,29)17-7-5-14(6-8-17)19(27)25-12-16(13-25)30-18-11-15(9-10-24-18)20(21,22)23/h5-11,16H,3-4,12-13H2,1-2H3. The highest BCUT2D eigenvalue weighted by atomic mass is 32.2. The molecule has 11 heteroatoms. The summed E-state index contributed by atoms with van der Waals surface area (Å²) in [7, 11) is -3.61. The van der Waals surface area contributed by atoms with Crippen LogP contribution in [-0.2, 0) is 16.2 Å². The first-order valence-electron chi connectivity index (χ1n) is 9.65. The summed E-state index contributed by atoms with van der Waals surface area (Å²) in [5, 5.41) is 0. The van der Waals surface area contributed by atoms with E-state index in [0.29, 0.717) is 18.7 Å². The summed E-state index contributed by atoms with van der Waals surface area (Å²) in [5.74, 6) is -0.471. The van der Waals surface area contributed by atoms with E-state index in [1.807, 2.05) is 0 Å². The number of rotatable bonds is 7. The first-order chi connectivity index (χ1) is 14.6. The summed E-state index contributed by atoms with van der Waals surface area (Å²) < 4.78 is 70.1. The fourth-order valence-electron chi connectivity index (χ4n) is 3.16. The molecule has 0 unspecified atom stereocenters. The highest BCUT2D eigenvalue weighted by Gasteiger charge is 2.35. The fourth-order valence-corrected chi connectivity index (χ4v) is 4.62. The molecule has 0 N–H and O–H groups in total. The van der Waals surface area contributed by atoms with Gasteiger partial charge in [0, 0.05) is 30.9 Å². The van der Waals surface area contributed by atoms with Crippen LogP contribution in [0, 0.1) is 0 Å². The molecular weight excluding hydrogens is 435 g/mol. The number of likely N-dealkylation sites (tertiary alicyclic amines) is 1. The van der Waals surface area contributed by atoms with Crippen LogP contribution in [0.5, 0.6) is 5.88 Å². The van der Waals surface area contributed by atoms with E-state index in [1.54, 1.807) is 13.8 Å². The predicted octanol–water partition coefficient (Wildman–Crippen LogP) is 3.03. The zero-order valence-corrected chi connectivity index (χ0v) is 17.8. The number of amides is 1. The summed E-state index contributed by atoms with van der Waals surface area (Å²) in [6, 6.07) is 7.35. The van der Waals surface area contributed by atoms with Crippen LogP contribution in [0.25, 0.3) is 0 Å². The van der Waals surface area contributed by atoms with E-state index in [1.165, 1.54) is 33.5 Å². The van der Waals surface area contributed by atoms with Gasteiger partial charge in [-0.05, 0) is 30.3 Å². The van der Waals surface area contributed by atoms with Crippen molar-refractivity contribution in [3.05, 3.63) is 53.7 Å². The number of hydrogen-bond acceptors (Lipinski definition) is 5. The van der Waals surface area contributed by atoms with Crippen LogP contribution in [0.2, 0.25) is 0 Å². The maximum absolute atomic E-state index is 12.8. The minimum Gasteiger partial charge on any atom is -0.471 e. The normalized spacial score (nSPS) is 15.1. The topological polar surface area (TPSA) is 79.8 Å². The van der Waals surface area contributed by atoms with E-state index in [4.69, 9.17) is 4.74 Å². The molecule has 1 aliphatic rings. The maximum Gasteiger partial charge on any atom is 0.416 e. The van der Waals surface area contributed by atoms with Gasteiger partial charge in [0.1, 0.15) is 6.10 Å². The molecule has 0 aliphatic carbocycles. The lowest BCUT2D eigenvalue weighted by molar-refractivity contribution is -0.137. The molecule has 168 valence electrons. The van der Waals surface area contributed by atoms with Gasteiger partial charge < -0.3 is 9.64 Å². The van der Waals surface area contributed by atoms with Crippen molar-refractivity contribution in [2.75, 3.05) is 26.2 Å². The van der Waals surface area contributed by atoms with Gasteiger partial charge in [-0.15, -0.1) is 0 Å².